The number of ether oxygens (including phenoxy) is 1. The molecule has 0 aliphatic carbocycles. The number of aromatic nitrogens is 2. The average Bonchev–Trinajstić information content (AvgIpc) is 3.41. The van der Waals surface area contributed by atoms with Gasteiger partial charge in [-0.05, 0) is 36.4 Å². The van der Waals surface area contributed by atoms with E-state index in [2.05, 4.69) is 32.3 Å². The lowest BCUT2D eigenvalue weighted by molar-refractivity contribution is -0.119. The molecule has 0 saturated carbocycles. The van der Waals surface area contributed by atoms with Crippen molar-refractivity contribution in [1.29, 1.82) is 0 Å². The Bertz CT molecular complexity index is 1460. The van der Waals surface area contributed by atoms with Crippen LogP contribution >= 0.6 is 11.6 Å². The molecule has 4 aromatic rings. The largest absolute Gasteiger partial charge is 0.474 e. The normalized spacial score (nSPS) is 17.1. The van der Waals surface area contributed by atoms with Crippen molar-refractivity contribution in [2.45, 2.75) is 37.6 Å². The van der Waals surface area contributed by atoms with Gasteiger partial charge in [-0.25, -0.2) is 4.98 Å². The third-order valence-electron chi connectivity index (χ3n) is 7.00. The monoisotopic (exact) mass is 543 g/mol. The molecule has 9 heteroatoms. The van der Waals surface area contributed by atoms with Gasteiger partial charge in [-0.15, -0.1) is 0 Å². The predicted octanol–water partition coefficient (Wildman–Crippen LogP) is 3.87. The van der Waals surface area contributed by atoms with Crippen LogP contribution in [0.25, 0.3) is 0 Å². The van der Waals surface area contributed by atoms with Crippen molar-refractivity contribution in [3.63, 3.8) is 0 Å². The fourth-order valence-electron chi connectivity index (χ4n) is 4.98. The van der Waals surface area contributed by atoms with E-state index in [1.807, 2.05) is 49.9 Å². The van der Waals surface area contributed by atoms with E-state index in [1.54, 1.807) is 30.3 Å². The van der Waals surface area contributed by atoms with E-state index in [0.717, 1.165) is 16.8 Å². The Morgan fingerprint density at radius 1 is 1.08 bits per heavy atom. The highest BCUT2D eigenvalue weighted by molar-refractivity contribution is 6.30. The first kappa shape index (κ1) is 26.5. The van der Waals surface area contributed by atoms with E-state index in [4.69, 9.17) is 22.1 Å². The molecule has 2 amide bonds. The maximum atomic E-state index is 13.5. The summed E-state index contributed by atoms with van der Waals surface area (Å²) in [7, 11) is 1.83. The van der Waals surface area contributed by atoms with Gasteiger partial charge in [0, 0.05) is 47.8 Å². The van der Waals surface area contributed by atoms with E-state index >= 15 is 0 Å². The molecule has 2 heterocycles. The van der Waals surface area contributed by atoms with Crippen molar-refractivity contribution in [2.75, 3.05) is 7.05 Å². The van der Waals surface area contributed by atoms with Gasteiger partial charge in [0.15, 0.2) is 6.23 Å². The number of para-hydroxylation sites is 1. The number of nitrogens with zero attached hydrogens (tertiary/aromatic N) is 2. The van der Waals surface area contributed by atoms with Crippen molar-refractivity contribution in [2.24, 2.45) is 5.73 Å². The van der Waals surface area contributed by atoms with E-state index in [0.29, 0.717) is 29.3 Å². The van der Waals surface area contributed by atoms with E-state index in [9.17, 15) is 9.59 Å². The summed E-state index contributed by atoms with van der Waals surface area (Å²) in [5, 5.41) is 6.60. The lowest BCUT2D eigenvalue weighted by Gasteiger charge is -2.33. The SMILES string of the molecule is CNC1CC(c2cncn2Cc2ccccc2)c2cccc(C(=O)N[C@@H](Cc3ccc(Cl)cc3)C(N)=O)c2O1. The summed E-state index contributed by atoms with van der Waals surface area (Å²) < 4.78 is 8.39. The molecule has 0 radical (unpaired) electrons. The van der Waals surface area contributed by atoms with Crippen LogP contribution in [0.4, 0.5) is 0 Å². The van der Waals surface area contributed by atoms with Gasteiger partial charge in [0.1, 0.15) is 11.8 Å². The smallest absolute Gasteiger partial charge is 0.255 e. The minimum Gasteiger partial charge on any atom is -0.474 e. The molecule has 1 aliphatic rings. The predicted molar refractivity (Wildman–Crippen MR) is 150 cm³/mol. The maximum absolute atomic E-state index is 13.5. The number of primary amides is 1. The van der Waals surface area contributed by atoms with Crippen molar-refractivity contribution >= 4 is 23.4 Å². The van der Waals surface area contributed by atoms with Crippen LogP contribution in [0.5, 0.6) is 5.75 Å². The highest BCUT2D eigenvalue weighted by Gasteiger charge is 2.34. The number of benzene rings is 3. The highest BCUT2D eigenvalue weighted by Crippen LogP contribution is 2.42. The first-order chi connectivity index (χ1) is 18.9. The zero-order chi connectivity index (χ0) is 27.4. The van der Waals surface area contributed by atoms with Gasteiger partial charge >= 0.3 is 0 Å². The van der Waals surface area contributed by atoms with Gasteiger partial charge in [0.25, 0.3) is 5.91 Å². The van der Waals surface area contributed by atoms with Crippen molar-refractivity contribution < 1.29 is 14.3 Å². The second-order valence-corrected chi connectivity index (χ2v) is 10.0. The number of amides is 2. The minimum atomic E-state index is -0.902. The van der Waals surface area contributed by atoms with Crippen molar-refractivity contribution in [3.05, 3.63) is 118 Å². The van der Waals surface area contributed by atoms with Crippen molar-refractivity contribution in [3.8, 4) is 5.75 Å². The molecule has 5 rings (SSSR count). The average molecular weight is 544 g/mol. The van der Waals surface area contributed by atoms with Gasteiger partial charge in [-0.1, -0.05) is 66.2 Å². The van der Waals surface area contributed by atoms with Crippen LogP contribution in [0.3, 0.4) is 0 Å². The highest BCUT2D eigenvalue weighted by atomic mass is 35.5. The lowest BCUT2D eigenvalue weighted by Crippen LogP contribution is -2.46. The molecule has 0 fully saturated rings. The van der Waals surface area contributed by atoms with Crippen LogP contribution in [-0.2, 0) is 17.8 Å². The van der Waals surface area contributed by atoms with E-state index in [-0.39, 0.29) is 18.6 Å². The second kappa shape index (κ2) is 11.7. The number of hydrogen-bond acceptors (Lipinski definition) is 5. The molecule has 39 heavy (non-hydrogen) atoms. The van der Waals surface area contributed by atoms with Gasteiger partial charge < -0.3 is 20.4 Å². The molecule has 2 unspecified atom stereocenters. The molecule has 3 aromatic carbocycles. The zero-order valence-electron chi connectivity index (χ0n) is 21.5. The molecule has 3 atom stereocenters. The van der Waals surface area contributed by atoms with Crippen LogP contribution < -0.4 is 21.1 Å². The maximum Gasteiger partial charge on any atom is 0.255 e. The van der Waals surface area contributed by atoms with Crippen LogP contribution in [0.1, 0.15) is 45.1 Å². The number of fused-ring (bicyclic) bond motifs is 1. The van der Waals surface area contributed by atoms with Crippen LogP contribution in [0.2, 0.25) is 5.02 Å². The van der Waals surface area contributed by atoms with Crippen LogP contribution in [0.15, 0.2) is 85.3 Å². The summed E-state index contributed by atoms with van der Waals surface area (Å²) in [6, 6.07) is 21.9. The fourth-order valence-corrected chi connectivity index (χ4v) is 5.10. The Balaban J connectivity index is 1.44. The Hall–Kier alpha value is -4.14. The number of hydrogen-bond donors (Lipinski definition) is 3. The van der Waals surface area contributed by atoms with E-state index < -0.39 is 17.9 Å². The Morgan fingerprint density at radius 3 is 2.56 bits per heavy atom. The number of carbonyl (C=O) groups is 2. The molecular weight excluding hydrogens is 514 g/mol. The quantitative estimate of drug-likeness (QED) is 0.297. The first-order valence-corrected chi connectivity index (χ1v) is 13.2. The Labute approximate surface area is 232 Å². The summed E-state index contributed by atoms with van der Waals surface area (Å²) in [6.45, 7) is 0.679. The summed E-state index contributed by atoms with van der Waals surface area (Å²) >= 11 is 5.98. The molecule has 1 aliphatic heterocycles. The molecule has 0 bridgehead atoms. The summed E-state index contributed by atoms with van der Waals surface area (Å²) in [5.74, 6) is -0.642. The fraction of sp³-hybridized carbons (Fsp3) is 0.233. The number of carbonyl (C=O) groups excluding carboxylic acids is 2. The minimum absolute atomic E-state index is 0.0637. The Morgan fingerprint density at radius 2 is 1.85 bits per heavy atom. The summed E-state index contributed by atoms with van der Waals surface area (Å²) in [5.41, 5.74) is 9.91. The van der Waals surface area contributed by atoms with Crippen LogP contribution in [-0.4, -0.2) is 40.7 Å². The van der Waals surface area contributed by atoms with Crippen LogP contribution in [0, 0.1) is 0 Å². The van der Waals surface area contributed by atoms with E-state index in [1.165, 1.54) is 5.56 Å². The number of halogens is 1. The number of imidazole rings is 1. The van der Waals surface area contributed by atoms with Gasteiger partial charge in [0.05, 0.1) is 11.9 Å². The second-order valence-electron chi connectivity index (χ2n) is 9.60. The topological polar surface area (TPSA) is 111 Å². The lowest BCUT2D eigenvalue weighted by atomic mass is 9.87. The molecule has 0 saturated heterocycles. The van der Waals surface area contributed by atoms with Gasteiger partial charge in [0.2, 0.25) is 5.91 Å². The standard InChI is InChI=1S/C30H30ClN5O3/c1-33-27-15-24(26-16-34-18-36(26)17-20-6-3-2-4-7-20)22-8-5-9-23(28(22)39-27)30(38)35-25(29(32)37)14-19-10-12-21(31)13-11-19/h2-13,16,18,24-25,27,33H,14-15,17H2,1H3,(H2,32,37)(H,35,38)/t24?,25-,27?/m0/s1. The zero-order valence-corrected chi connectivity index (χ0v) is 22.3. The Kier molecular flexibility index (Phi) is 7.95. The summed E-state index contributed by atoms with van der Waals surface area (Å²) in [6.07, 6.45) is 4.29. The number of rotatable bonds is 9. The molecule has 8 nitrogen and oxygen atoms in total. The molecule has 0 spiro atoms. The molecule has 200 valence electrons. The van der Waals surface area contributed by atoms with Gasteiger partial charge in [-0.3, -0.25) is 14.9 Å². The molecule has 1 aromatic heterocycles. The third-order valence-corrected chi connectivity index (χ3v) is 7.25. The molecule has 4 N–H and O–H groups in total. The molecular formula is C30H30ClN5O3. The summed E-state index contributed by atoms with van der Waals surface area (Å²) in [4.78, 5) is 30.2. The first-order valence-electron chi connectivity index (χ1n) is 12.8. The number of nitrogens with two attached hydrogens (primary N) is 1. The number of nitrogens with one attached hydrogen (secondary N) is 2. The third kappa shape index (κ3) is 5.97. The van der Waals surface area contributed by atoms with Crippen molar-refractivity contribution in [1.82, 2.24) is 20.2 Å². The van der Waals surface area contributed by atoms with Gasteiger partial charge in [-0.2, -0.15) is 0 Å².